The van der Waals surface area contributed by atoms with E-state index in [1.54, 1.807) is 0 Å². The number of nitrogen functional groups attached to an aromatic ring is 1. The number of anilines is 1. The summed E-state index contributed by atoms with van der Waals surface area (Å²) >= 11 is 0. The Bertz CT molecular complexity index is 708. The molecule has 1 aromatic heterocycles. The van der Waals surface area contributed by atoms with Gasteiger partial charge in [-0.2, -0.15) is 0 Å². The minimum absolute atomic E-state index is 0.573. The van der Waals surface area contributed by atoms with Gasteiger partial charge >= 0.3 is 0 Å². The number of benzene rings is 1. The molecule has 4 heteroatoms. The maximum Gasteiger partial charge on any atom is 0.142 e. The molecule has 1 aliphatic carbocycles. The number of likely N-dealkylation sites (tertiary alicyclic amines) is 1. The first-order valence-corrected chi connectivity index (χ1v) is 8.54. The fourth-order valence-corrected chi connectivity index (χ4v) is 3.72. The number of nitrogens with two attached hydrogens (primary N) is 1. The van der Waals surface area contributed by atoms with Gasteiger partial charge in [0.1, 0.15) is 18.3 Å². The molecular formula is C19H23N3O. The maximum absolute atomic E-state index is 6.13. The number of fused-ring (bicyclic) bond motifs is 1. The maximum atomic E-state index is 6.13. The van der Waals surface area contributed by atoms with E-state index in [0.29, 0.717) is 12.5 Å². The summed E-state index contributed by atoms with van der Waals surface area (Å²) in [6.45, 7) is 3.03. The highest BCUT2D eigenvalue weighted by Gasteiger charge is 2.21. The molecule has 0 saturated carbocycles. The van der Waals surface area contributed by atoms with Crippen LogP contribution in [0.25, 0.3) is 11.3 Å². The predicted octanol–water partition coefficient (Wildman–Crippen LogP) is 3.25. The second-order valence-corrected chi connectivity index (χ2v) is 6.47. The van der Waals surface area contributed by atoms with E-state index < -0.39 is 0 Å². The zero-order valence-corrected chi connectivity index (χ0v) is 13.4. The van der Waals surface area contributed by atoms with Crippen molar-refractivity contribution in [1.29, 1.82) is 0 Å². The van der Waals surface area contributed by atoms with E-state index in [4.69, 9.17) is 10.5 Å². The van der Waals surface area contributed by atoms with Gasteiger partial charge in [-0.25, -0.2) is 4.98 Å². The van der Waals surface area contributed by atoms with Gasteiger partial charge in [0, 0.05) is 18.7 Å². The average Bonchev–Trinajstić information content (AvgIpc) is 3.24. The lowest BCUT2D eigenvalue weighted by Gasteiger charge is -2.18. The number of ether oxygens (including phenoxy) is 1. The zero-order chi connectivity index (χ0) is 15.6. The number of nitrogens with zero attached hydrogens (tertiary/aromatic N) is 2. The van der Waals surface area contributed by atoms with Crippen LogP contribution in [-0.2, 0) is 12.8 Å². The highest BCUT2D eigenvalue weighted by Crippen LogP contribution is 2.37. The van der Waals surface area contributed by atoms with Gasteiger partial charge in [-0.15, -0.1) is 0 Å². The third-order valence-electron chi connectivity index (χ3n) is 4.89. The number of aromatic nitrogens is 1. The first-order chi connectivity index (χ1) is 11.3. The molecule has 23 heavy (non-hydrogen) atoms. The summed E-state index contributed by atoms with van der Waals surface area (Å²) in [5.74, 6) is 1.63. The van der Waals surface area contributed by atoms with Gasteiger partial charge in [-0.1, -0.05) is 6.07 Å². The molecule has 1 aliphatic heterocycles. The molecule has 4 rings (SSSR count). The van der Waals surface area contributed by atoms with Crippen molar-refractivity contribution in [3.63, 3.8) is 0 Å². The molecule has 2 N–H and O–H groups in total. The fraction of sp³-hybridized carbons (Fsp3) is 0.421. The first kappa shape index (κ1) is 14.5. The SMILES string of the molecule is Nc1cccc(-c2ccc(OCN3CCCC3)c3c2CCC3)n1. The lowest BCUT2D eigenvalue weighted by molar-refractivity contribution is 0.151. The Labute approximate surface area is 137 Å². The summed E-state index contributed by atoms with van der Waals surface area (Å²) in [6.07, 6.45) is 5.97. The molecule has 2 aromatic rings. The van der Waals surface area contributed by atoms with E-state index in [1.165, 1.54) is 36.0 Å². The molecule has 0 radical (unpaired) electrons. The topological polar surface area (TPSA) is 51.4 Å². The molecule has 2 aliphatic rings. The van der Waals surface area contributed by atoms with Gasteiger partial charge in [0.15, 0.2) is 0 Å². The molecular weight excluding hydrogens is 286 g/mol. The van der Waals surface area contributed by atoms with E-state index in [-0.39, 0.29) is 0 Å². The molecule has 1 saturated heterocycles. The first-order valence-electron chi connectivity index (χ1n) is 8.54. The second-order valence-electron chi connectivity index (χ2n) is 6.47. The molecule has 4 nitrogen and oxygen atoms in total. The normalized spacial score (nSPS) is 17.4. The van der Waals surface area contributed by atoms with Gasteiger partial charge in [0.25, 0.3) is 0 Å². The van der Waals surface area contributed by atoms with Crippen LogP contribution < -0.4 is 10.5 Å². The zero-order valence-electron chi connectivity index (χ0n) is 13.4. The van der Waals surface area contributed by atoms with Crippen molar-refractivity contribution in [2.24, 2.45) is 0 Å². The van der Waals surface area contributed by atoms with Crippen molar-refractivity contribution in [3.8, 4) is 17.0 Å². The summed E-state index contributed by atoms with van der Waals surface area (Å²) in [4.78, 5) is 6.87. The van der Waals surface area contributed by atoms with Gasteiger partial charge < -0.3 is 10.5 Å². The molecule has 0 amide bonds. The molecule has 0 bridgehead atoms. The van der Waals surface area contributed by atoms with Crippen molar-refractivity contribution in [2.75, 3.05) is 25.6 Å². The van der Waals surface area contributed by atoms with Gasteiger partial charge in [0.05, 0.1) is 5.69 Å². The predicted molar refractivity (Wildman–Crippen MR) is 92.4 cm³/mol. The summed E-state index contributed by atoms with van der Waals surface area (Å²) in [6, 6.07) is 10.1. The monoisotopic (exact) mass is 309 g/mol. The van der Waals surface area contributed by atoms with Gasteiger partial charge in [-0.3, -0.25) is 4.90 Å². The Hall–Kier alpha value is -2.07. The lowest BCUT2D eigenvalue weighted by Crippen LogP contribution is -2.24. The van der Waals surface area contributed by atoms with Crippen LogP contribution in [0.2, 0.25) is 0 Å². The van der Waals surface area contributed by atoms with Crippen molar-refractivity contribution < 1.29 is 4.74 Å². The highest BCUT2D eigenvalue weighted by molar-refractivity contribution is 5.69. The van der Waals surface area contributed by atoms with Crippen LogP contribution in [0.15, 0.2) is 30.3 Å². The third kappa shape index (κ3) is 2.91. The van der Waals surface area contributed by atoms with Crippen molar-refractivity contribution >= 4 is 5.82 Å². The van der Waals surface area contributed by atoms with Crippen molar-refractivity contribution in [1.82, 2.24) is 9.88 Å². The van der Waals surface area contributed by atoms with E-state index in [0.717, 1.165) is 37.4 Å². The van der Waals surface area contributed by atoms with Crippen LogP contribution in [0.5, 0.6) is 5.75 Å². The molecule has 2 heterocycles. The summed E-state index contributed by atoms with van der Waals surface area (Å²) in [5, 5.41) is 0. The number of hydrogen-bond donors (Lipinski definition) is 1. The molecule has 0 unspecified atom stereocenters. The Morgan fingerprint density at radius 2 is 1.83 bits per heavy atom. The summed E-state index contributed by atoms with van der Waals surface area (Å²) in [5.41, 5.74) is 10.8. The highest BCUT2D eigenvalue weighted by atomic mass is 16.5. The molecule has 0 spiro atoms. The quantitative estimate of drug-likeness (QED) is 0.942. The lowest BCUT2D eigenvalue weighted by atomic mass is 9.99. The van der Waals surface area contributed by atoms with E-state index in [9.17, 15) is 0 Å². The molecule has 1 aromatic carbocycles. The Morgan fingerprint density at radius 1 is 1.00 bits per heavy atom. The largest absolute Gasteiger partial charge is 0.478 e. The van der Waals surface area contributed by atoms with E-state index in [1.807, 2.05) is 18.2 Å². The minimum Gasteiger partial charge on any atom is -0.478 e. The van der Waals surface area contributed by atoms with Crippen LogP contribution in [0.4, 0.5) is 5.82 Å². The average molecular weight is 309 g/mol. The van der Waals surface area contributed by atoms with Crippen LogP contribution in [-0.4, -0.2) is 29.7 Å². The number of hydrogen-bond acceptors (Lipinski definition) is 4. The second kappa shape index (κ2) is 6.20. The van der Waals surface area contributed by atoms with Crippen LogP contribution in [0.3, 0.4) is 0 Å². The Balaban J connectivity index is 1.62. The van der Waals surface area contributed by atoms with Crippen LogP contribution in [0.1, 0.15) is 30.4 Å². The summed E-state index contributed by atoms with van der Waals surface area (Å²) < 4.78 is 6.13. The van der Waals surface area contributed by atoms with Crippen molar-refractivity contribution in [3.05, 3.63) is 41.5 Å². The smallest absolute Gasteiger partial charge is 0.142 e. The van der Waals surface area contributed by atoms with E-state index in [2.05, 4.69) is 22.0 Å². The molecule has 1 fully saturated rings. The van der Waals surface area contributed by atoms with E-state index >= 15 is 0 Å². The number of rotatable bonds is 4. The van der Waals surface area contributed by atoms with Crippen LogP contribution >= 0.6 is 0 Å². The van der Waals surface area contributed by atoms with Crippen molar-refractivity contribution in [2.45, 2.75) is 32.1 Å². The Kier molecular flexibility index (Phi) is 3.92. The third-order valence-corrected chi connectivity index (χ3v) is 4.89. The number of pyridine rings is 1. The van der Waals surface area contributed by atoms with Gasteiger partial charge in [0.2, 0.25) is 0 Å². The fourth-order valence-electron chi connectivity index (χ4n) is 3.72. The summed E-state index contributed by atoms with van der Waals surface area (Å²) in [7, 11) is 0. The Morgan fingerprint density at radius 3 is 2.65 bits per heavy atom. The van der Waals surface area contributed by atoms with Crippen LogP contribution in [0, 0.1) is 0 Å². The molecule has 0 atom stereocenters. The minimum atomic E-state index is 0.573. The molecule has 120 valence electrons. The van der Waals surface area contributed by atoms with Gasteiger partial charge in [-0.05, 0) is 67.5 Å². The standard InChI is InChI=1S/C19H23N3O/c20-19-8-4-7-17(21-19)15-9-10-18(16-6-3-5-14(15)16)23-13-22-11-1-2-12-22/h4,7-10H,1-3,5-6,11-13H2,(H2,20,21).